The summed E-state index contributed by atoms with van der Waals surface area (Å²) in [4.78, 5) is 22.6. The van der Waals surface area contributed by atoms with Crippen LogP contribution in [-0.2, 0) is 6.54 Å². The standard InChI is InChI=1S/C13H9ClN4O3/c14-11-2-1-10(18(20)21)7-9(11)8-16-5-6-17-12(13(16)19)3-4-15-17/h1-7H,8H2. The molecule has 0 amide bonds. The quantitative estimate of drug-likeness (QED) is 0.548. The van der Waals surface area contributed by atoms with Crippen molar-refractivity contribution in [2.75, 3.05) is 0 Å². The average Bonchev–Trinajstić information content (AvgIpc) is 2.93. The third-order valence-corrected chi connectivity index (χ3v) is 3.49. The molecule has 3 rings (SSSR count). The lowest BCUT2D eigenvalue weighted by molar-refractivity contribution is -0.384. The van der Waals surface area contributed by atoms with Gasteiger partial charge >= 0.3 is 0 Å². The van der Waals surface area contributed by atoms with E-state index in [-0.39, 0.29) is 17.8 Å². The molecule has 8 heteroatoms. The van der Waals surface area contributed by atoms with Gasteiger partial charge in [0.25, 0.3) is 11.2 Å². The highest BCUT2D eigenvalue weighted by atomic mass is 35.5. The van der Waals surface area contributed by atoms with E-state index >= 15 is 0 Å². The van der Waals surface area contributed by atoms with E-state index in [0.717, 1.165) is 0 Å². The number of halogens is 1. The maximum absolute atomic E-state index is 12.2. The van der Waals surface area contributed by atoms with Gasteiger partial charge in [0, 0.05) is 29.5 Å². The van der Waals surface area contributed by atoms with Crippen LogP contribution in [-0.4, -0.2) is 19.1 Å². The highest BCUT2D eigenvalue weighted by Crippen LogP contribution is 2.22. The molecule has 0 atom stereocenters. The summed E-state index contributed by atoms with van der Waals surface area (Å²) >= 11 is 6.04. The molecule has 106 valence electrons. The van der Waals surface area contributed by atoms with Crippen LogP contribution in [0.2, 0.25) is 5.02 Å². The maximum atomic E-state index is 12.2. The molecule has 7 nitrogen and oxygen atoms in total. The third-order valence-electron chi connectivity index (χ3n) is 3.12. The first-order valence-corrected chi connectivity index (χ1v) is 6.39. The van der Waals surface area contributed by atoms with Crippen LogP contribution in [0.4, 0.5) is 5.69 Å². The summed E-state index contributed by atoms with van der Waals surface area (Å²) in [6.07, 6.45) is 4.74. The molecule has 0 radical (unpaired) electrons. The Morgan fingerprint density at radius 2 is 2.10 bits per heavy atom. The van der Waals surface area contributed by atoms with E-state index in [0.29, 0.717) is 16.1 Å². The molecule has 0 aliphatic carbocycles. The first-order valence-electron chi connectivity index (χ1n) is 6.02. The molecule has 0 aliphatic rings. The van der Waals surface area contributed by atoms with Crippen LogP contribution in [0.15, 0.2) is 47.7 Å². The van der Waals surface area contributed by atoms with Gasteiger partial charge < -0.3 is 4.57 Å². The van der Waals surface area contributed by atoms with Crippen molar-refractivity contribution < 1.29 is 4.92 Å². The lowest BCUT2D eigenvalue weighted by Gasteiger charge is -2.08. The summed E-state index contributed by atoms with van der Waals surface area (Å²) < 4.78 is 2.90. The second-order valence-electron chi connectivity index (χ2n) is 4.43. The zero-order valence-corrected chi connectivity index (χ0v) is 11.4. The summed E-state index contributed by atoms with van der Waals surface area (Å²) in [6.45, 7) is 0.154. The number of benzene rings is 1. The molecule has 2 aromatic heterocycles. The van der Waals surface area contributed by atoms with Crippen LogP contribution in [0, 0.1) is 10.1 Å². The monoisotopic (exact) mass is 304 g/mol. The number of rotatable bonds is 3. The predicted octanol–water partition coefficient (Wildman–Crippen LogP) is 2.11. The normalized spacial score (nSPS) is 10.9. The van der Waals surface area contributed by atoms with Crippen molar-refractivity contribution in [3.8, 4) is 0 Å². The minimum Gasteiger partial charge on any atom is -0.308 e. The first kappa shape index (κ1) is 13.3. The molecule has 21 heavy (non-hydrogen) atoms. The van der Waals surface area contributed by atoms with E-state index in [1.807, 2.05) is 0 Å². The van der Waals surface area contributed by atoms with Gasteiger partial charge in [-0.25, -0.2) is 4.52 Å². The molecule has 0 saturated heterocycles. The van der Waals surface area contributed by atoms with Crippen molar-refractivity contribution in [2.45, 2.75) is 6.54 Å². The maximum Gasteiger partial charge on any atom is 0.276 e. The number of nitro benzene ring substituents is 1. The number of nitrogens with zero attached hydrogens (tertiary/aromatic N) is 4. The van der Waals surface area contributed by atoms with Crippen molar-refractivity contribution in [2.24, 2.45) is 0 Å². The highest BCUT2D eigenvalue weighted by molar-refractivity contribution is 6.31. The second kappa shape index (κ2) is 5.02. The number of hydrogen-bond acceptors (Lipinski definition) is 4. The molecule has 0 aliphatic heterocycles. The number of hydrogen-bond donors (Lipinski definition) is 0. The third kappa shape index (κ3) is 2.38. The molecule has 2 heterocycles. The summed E-state index contributed by atoms with van der Waals surface area (Å²) in [5.41, 5.74) is 0.640. The van der Waals surface area contributed by atoms with Crippen molar-refractivity contribution in [3.05, 3.63) is 73.9 Å². The van der Waals surface area contributed by atoms with Gasteiger partial charge in [0.1, 0.15) is 5.52 Å². The van der Waals surface area contributed by atoms with Crippen LogP contribution in [0.25, 0.3) is 5.52 Å². The Labute approximate surface area is 123 Å². The Hall–Kier alpha value is -2.67. The fourth-order valence-electron chi connectivity index (χ4n) is 2.06. The Bertz CT molecular complexity index is 900. The van der Waals surface area contributed by atoms with E-state index in [2.05, 4.69) is 5.10 Å². The van der Waals surface area contributed by atoms with E-state index in [9.17, 15) is 14.9 Å². The minimum atomic E-state index is -0.497. The SMILES string of the molecule is O=c1c2ccnn2ccn1Cc1cc([N+](=O)[O-])ccc1Cl. The van der Waals surface area contributed by atoms with Crippen LogP contribution in [0.3, 0.4) is 0 Å². The molecule has 0 saturated carbocycles. The van der Waals surface area contributed by atoms with E-state index < -0.39 is 4.92 Å². The molecule has 0 bridgehead atoms. The molecule has 3 aromatic rings. The Balaban J connectivity index is 2.06. The number of non-ortho nitro benzene ring substituents is 1. The summed E-state index contributed by atoms with van der Waals surface area (Å²) in [6, 6.07) is 5.76. The van der Waals surface area contributed by atoms with E-state index in [4.69, 9.17) is 11.6 Å². The second-order valence-corrected chi connectivity index (χ2v) is 4.83. The minimum absolute atomic E-state index is 0.0621. The zero-order chi connectivity index (χ0) is 15.0. The van der Waals surface area contributed by atoms with Gasteiger partial charge in [0.05, 0.1) is 17.7 Å². The fourth-order valence-corrected chi connectivity index (χ4v) is 2.24. The van der Waals surface area contributed by atoms with Gasteiger partial charge in [-0.05, 0) is 17.7 Å². The van der Waals surface area contributed by atoms with Gasteiger partial charge in [-0.15, -0.1) is 0 Å². The van der Waals surface area contributed by atoms with E-state index in [1.54, 1.807) is 18.5 Å². The largest absolute Gasteiger partial charge is 0.308 e. The summed E-state index contributed by atoms with van der Waals surface area (Å²) in [5.74, 6) is 0. The molecular weight excluding hydrogens is 296 g/mol. The van der Waals surface area contributed by atoms with Crippen molar-refractivity contribution >= 4 is 22.8 Å². The van der Waals surface area contributed by atoms with Crippen molar-refractivity contribution in [3.63, 3.8) is 0 Å². The average molecular weight is 305 g/mol. The lowest BCUT2D eigenvalue weighted by atomic mass is 10.2. The number of fused-ring (bicyclic) bond motifs is 1. The topological polar surface area (TPSA) is 82.4 Å². The molecule has 0 unspecified atom stereocenters. The smallest absolute Gasteiger partial charge is 0.276 e. The summed E-state index contributed by atoms with van der Waals surface area (Å²) in [5, 5.41) is 15.2. The van der Waals surface area contributed by atoms with Crippen LogP contribution in [0.5, 0.6) is 0 Å². The lowest BCUT2D eigenvalue weighted by Crippen LogP contribution is -2.22. The van der Waals surface area contributed by atoms with Crippen molar-refractivity contribution in [1.82, 2.24) is 14.2 Å². The highest BCUT2D eigenvalue weighted by Gasteiger charge is 2.11. The van der Waals surface area contributed by atoms with Gasteiger partial charge in [0.2, 0.25) is 0 Å². The Morgan fingerprint density at radius 1 is 1.29 bits per heavy atom. The number of aromatic nitrogens is 3. The predicted molar refractivity (Wildman–Crippen MR) is 76.7 cm³/mol. The van der Waals surface area contributed by atoms with Gasteiger partial charge in [-0.1, -0.05) is 11.6 Å². The van der Waals surface area contributed by atoms with Gasteiger partial charge in [0.15, 0.2) is 0 Å². The Kier molecular flexibility index (Phi) is 3.19. The van der Waals surface area contributed by atoms with Gasteiger partial charge in [-0.2, -0.15) is 5.10 Å². The van der Waals surface area contributed by atoms with Gasteiger partial charge in [-0.3, -0.25) is 14.9 Å². The molecule has 0 fully saturated rings. The van der Waals surface area contributed by atoms with Crippen molar-refractivity contribution in [1.29, 1.82) is 0 Å². The van der Waals surface area contributed by atoms with E-state index in [1.165, 1.54) is 33.5 Å². The first-order chi connectivity index (χ1) is 10.1. The molecule has 1 aromatic carbocycles. The van der Waals surface area contributed by atoms with Crippen LogP contribution < -0.4 is 5.56 Å². The molecule has 0 spiro atoms. The van der Waals surface area contributed by atoms with Crippen LogP contribution >= 0.6 is 11.6 Å². The molecular formula is C13H9ClN4O3. The fraction of sp³-hybridized carbons (Fsp3) is 0.0769. The number of nitro groups is 1. The summed E-state index contributed by atoms with van der Waals surface area (Å²) in [7, 11) is 0. The van der Waals surface area contributed by atoms with Crippen LogP contribution in [0.1, 0.15) is 5.56 Å². The molecule has 0 N–H and O–H groups in total. The Morgan fingerprint density at radius 3 is 2.86 bits per heavy atom. The zero-order valence-electron chi connectivity index (χ0n) is 10.6.